The third kappa shape index (κ3) is 5.09. The van der Waals surface area contributed by atoms with Gasteiger partial charge in [0.2, 0.25) is 0 Å². The van der Waals surface area contributed by atoms with Crippen LogP contribution in [0.25, 0.3) is 0 Å². The van der Waals surface area contributed by atoms with E-state index in [1.54, 1.807) is 0 Å². The largest absolute Gasteiger partial charge is 0.461 e. The lowest BCUT2D eigenvalue weighted by molar-refractivity contribution is 0.0481. The smallest absolute Gasteiger partial charge is 0.338 e. The van der Waals surface area contributed by atoms with Gasteiger partial charge in [0.1, 0.15) is 12.4 Å². The number of nitrogens with zero attached hydrogens (tertiary/aromatic N) is 1. The second kappa shape index (κ2) is 7.19. The Kier molecular flexibility index (Phi) is 6.69. The summed E-state index contributed by atoms with van der Waals surface area (Å²) in [5.74, 6) is -0.923. The molecule has 0 amide bonds. The van der Waals surface area contributed by atoms with Gasteiger partial charge in [-0.25, -0.2) is 9.18 Å². The minimum absolute atomic E-state index is 0. The highest BCUT2D eigenvalue weighted by atomic mass is 35.5. The van der Waals surface area contributed by atoms with Gasteiger partial charge in [-0.3, -0.25) is 0 Å². The van der Waals surface area contributed by atoms with Crippen molar-refractivity contribution in [3.63, 3.8) is 0 Å². The standard InChI is InChI=1S/C11H14FNO2.ClH/c1-13(2)6-7-15-11(14)9-4-3-5-10(12)8-9;/h3-5,8H,6-7H2,1-2H3;1H. The second-order valence-corrected chi connectivity index (χ2v) is 3.45. The molecular formula is C11H15ClFNO2. The predicted octanol–water partition coefficient (Wildman–Crippen LogP) is 1.97. The minimum Gasteiger partial charge on any atom is -0.461 e. The number of ether oxygens (including phenoxy) is 1. The Labute approximate surface area is 101 Å². The first-order chi connectivity index (χ1) is 7.09. The van der Waals surface area contributed by atoms with Crippen molar-refractivity contribution in [3.05, 3.63) is 35.6 Å². The van der Waals surface area contributed by atoms with Gasteiger partial charge in [-0.15, -0.1) is 12.4 Å². The van der Waals surface area contributed by atoms with Crippen molar-refractivity contribution in [1.82, 2.24) is 4.90 Å². The Morgan fingerprint density at radius 1 is 1.44 bits per heavy atom. The number of hydrogen-bond acceptors (Lipinski definition) is 3. The number of carbonyl (C=O) groups excluding carboxylic acids is 1. The fourth-order valence-corrected chi connectivity index (χ4v) is 1.02. The summed E-state index contributed by atoms with van der Waals surface area (Å²) in [5.41, 5.74) is 0.244. The lowest BCUT2D eigenvalue weighted by atomic mass is 10.2. The van der Waals surface area contributed by atoms with Gasteiger partial charge in [-0.05, 0) is 32.3 Å². The first-order valence-corrected chi connectivity index (χ1v) is 4.67. The van der Waals surface area contributed by atoms with Gasteiger partial charge in [0.15, 0.2) is 0 Å². The molecule has 0 heterocycles. The SMILES string of the molecule is CN(C)CCOC(=O)c1cccc(F)c1.Cl. The maximum atomic E-state index is 12.8. The summed E-state index contributed by atoms with van der Waals surface area (Å²) >= 11 is 0. The van der Waals surface area contributed by atoms with Crippen LogP contribution in [0, 0.1) is 5.82 Å². The van der Waals surface area contributed by atoms with Crippen molar-refractivity contribution >= 4 is 18.4 Å². The summed E-state index contributed by atoms with van der Waals surface area (Å²) in [7, 11) is 3.77. The molecule has 0 aliphatic heterocycles. The fourth-order valence-electron chi connectivity index (χ4n) is 1.02. The topological polar surface area (TPSA) is 29.5 Å². The second-order valence-electron chi connectivity index (χ2n) is 3.45. The van der Waals surface area contributed by atoms with Crippen molar-refractivity contribution in [2.45, 2.75) is 0 Å². The molecule has 90 valence electrons. The van der Waals surface area contributed by atoms with Gasteiger partial charge in [0.05, 0.1) is 5.56 Å². The van der Waals surface area contributed by atoms with E-state index in [9.17, 15) is 9.18 Å². The molecule has 1 aromatic rings. The zero-order chi connectivity index (χ0) is 11.3. The molecule has 0 aliphatic rings. The number of rotatable bonds is 4. The molecule has 1 rings (SSSR count). The van der Waals surface area contributed by atoms with Crippen molar-refractivity contribution in [3.8, 4) is 0 Å². The third-order valence-electron chi connectivity index (χ3n) is 1.83. The van der Waals surface area contributed by atoms with Crippen LogP contribution in [0.2, 0.25) is 0 Å². The van der Waals surface area contributed by atoms with Gasteiger partial charge in [-0.2, -0.15) is 0 Å². The summed E-state index contributed by atoms with van der Waals surface area (Å²) in [6.07, 6.45) is 0. The maximum absolute atomic E-state index is 12.8. The van der Waals surface area contributed by atoms with E-state index in [1.807, 2.05) is 19.0 Å². The molecular weight excluding hydrogens is 233 g/mol. The molecule has 0 fully saturated rings. The molecule has 0 aromatic heterocycles. The molecule has 0 atom stereocenters. The highest BCUT2D eigenvalue weighted by molar-refractivity contribution is 5.89. The van der Waals surface area contributed by atoms with Gasteiger partial charge in [0, 0.05) is 6.54 Å². The lowest BCUT2D eigenvalue weighted by Gasteiger charge is -2.09. The number of halogens is 2. The average molecular weight is 248 g/mol. The van der Waals surface area contributed by atoms with Crippen LogP contribution in [0.5, 0.6) is 0 Å². The molecule has 0 saturated heterocycles. The van der Waals surface area contributed by atoms with Crippen LogP contribution in [0.1, 0.15) is 10.4 Å². The Balaban J connectivity index is 0.00000225. The normalized spacial score (nSPS) is 9.75. The number of likely N-dealkylation sites (N-methyl/N-ethyl adjacent to an activating group) is 1. The van der Waals surface area contributed by atoms with Crippen molar-refractivity contribution in [2.24, 2.45) is 0 Å². The van der Waals surface area contributed by atoms with Crippen molar-refractivity contribution in [1.29, 1.82) is 0 Å². The third-order valence-corrected chi connectivity index (χ3v) is 1.83. The number of carbonyl (C=O) groups is 1. The van der Waals surface area contributed by atoms with E-state index in [4.69, 9.17) is 4.74 Å². The molecule has 16 heavy (non-hydrogen) atoms. The van der Waals surface area contributed by atoms with Crippen LogP contribution >= 0.6 is 12.4 Å². The Morgan fingerprint density at radius 3 is 2.69 bits per heavy atom. The monoisotopic (exact) mass is 247 g/mol. The van der Waals surface area contributed by atoms with Crippen LogP contribution in [0.3, 0.4) is 0 Å². The fraction of sp³-hybridized carbons (Fsp3) is 0.364. The van der Waals surface area contributed by atoms with Gasteiger partial charge >= 0.3 is 5.97 Å². The van der Waals surface area contributed by atoms with Crippen molar-refractivity contribution in [2.75, 3.05) is 27.2 Å². The number of esters is 1. The van der Waals surface area contributed by atoms with E-state index in [-0.39, 0.29) is 18.0 Å². The Hall–Kier alpha value is -1.13. The molecule has 1 aromatic carbocycles. The van der Waals surface area contributed by atoms with Crippen LogP contribution < -0.4 is 0 Å². The van der Waals surface area contributed by atoms with E-state index < -0.39 is 11.8 Å². The molecule has 0 radical (unpaired) electrons. The molecule has 0 spiro atoms. The van der Waals surface area contributed by atoms with E-state index in [1.165, 1.54) is 18.2 Å². The predicted molar refractivity (Wildman–Crippen MR) is 62.5 cm³/mol. The first-order valence-electron chi connectivity index (χ1n) is 4.67. The van der Waals surface area contributed by atoms with Gasteiger partial charge in [0.25, 0.3) is 0 Å². The number of hydrogen-bond donors (Lipinski definition) is 0. The van der Waals surface area contributed by atoms with Crippen LogP contribution in [0.15, 0.2) is 24.3 Å². The van der Waals surface area contributed by atoms with Gasteiger partial charge in [-0.1, -0.05) is 6.07 Å². The first kappa shape index (κ1) is 14.9. The quantitative estimate of drug-likeness (QED) is 0.762. The zero-order valence-corrected chi connectivity index (χ0v) is 10.1. The molecule has 0 saturated carbocycles. The maximum Gasteiger partial charge on any atom is 0.338 e. The van der Waals surface area contributed by atoms with E-state index >= 15 is 0 Å². The zero-order valence-electron chi connectivity index (χ0n) is 9.27. The summed E-state index contributed by atoms with van der Waals surface area (Å²) in [5, 5.41) is 0. The summed E-state index contributed by atoms with van der Waals surface area (Å²) in [6.45, 7) is 0.962. The summed E-state index contributed by atoms with van der Waals surface area (Å²) in [4.78, 5) is 13.3. The van der Waals surface area contributed by atoms with Crippen LogP contribution in [-0.2, 0) is 4.74 Å². The molecule has 0 bridgehead atoms. The molecule has 0 unspecified atom stereocenters. The minimum atomic E-state index is -0.489. The summed E-state index contributed by atoms with van der Waals surface area (Å²) < 4.78 is 17.7. The molecule has 0 N–H and O–H groups in total. The van der Waals surface area contributed by atoms with Crippen LogP contribution in [0.4, 0.5) is 4.39 Å². The number of benzene rings is 1. The molecule has 5 heteroatoms. The van der Waals surface area contributed by atoms with E-state index in [0.29, 0.717) is 13.2 Å². The summed E-state index contributed by atoms with van der Waals surface area (Å²) in [6, 6.07) is 5.47. The molecule has 0 aliphatic carbocycles. The van der Waals surface area contributed by atoms with Crippen LogP contribution in [-0.4, -0.2) is 38.1 Å². The highest BCUT2D eigenvalue weighted by Gasteiger charge is 2.07. The Bertz CT molecular complexity index is 345. The molecule has 3 nitrogen and oxygen atoms in total. The lowest BCUT2D eigenvalue weighted by Crippen LogP contribution is -2.20. The van der Waals surface area contributed by atoms with E-state index in [0.717, 1.165) is 6.07 Å². The Morgan fingerprint density at radius 2 is 2.12 bits per heavy atom. The average Bonchev–Trinajstić information content (AvgIpc) is 2.17. The highest BCUT2D eigenvalue weighted by Crippen LogP contribution is 2.04. The van der Waals surface area contributed by atoms with Crippen molar-refractivity contribution < 1.29 is 13.9 Å². The van der Waals surface area contributed by atoms with Gasteiger partial charge < -0.3 is 9.64 Å². The van der Waals surface area contributed by atoms with E-state index in [2.05, 4.69) is 0 Å².